The van der Waals surface area contributed by atoms with E-state index in [1.54, 1.807) is 24.3 Å². The first-order valence-corrected chi connectivity index (χ1v) is 10.1. The van der Waals surface area contributed by atoms with Gasteiger partial charge >= 0.3 is 0 Å². The molecule has 31 heavy (non-hydrogen) atoms. The number of benzene rings is 2. The highest BCUT2D eigenvalue weighted by Gasteiger charge is 2.21. The van der Waals surface area contributed by atoms with Gasteiger partial charge in [-0.25, -0.2) is 24.3 Å². The summed E-state index contributed by atoms with van der Waals surface area (Å²) in [6.45, 7) is 1.84. The predicted molar refractivity (Wildman–Crippen MR) is 119 cm³/mol. The van der Waals surface area contributed by atoms with Gasteiger partial charge in [0, 0.05) is 6.42 Å². The fourth-order valence-electron chi connectivity index (χ4n) is 3.76. The number of hydrogen-bond donors (Lipinski definition) is 2. The number of aryl methyl sites for hydroxylation is 1. The number of nitrogens with zero attached hydrogens (tertiary/aromatic N) is 5. The van der Waals surface area contributed by atoms with Crippen molar-refractivity contribution in [3.8, 4) is 5.69 Å². The first-order valence-electron chi connectivity index (χ1n) is 9.63. The smallest absolute Gasteiger partial charge is 0.266 e. The summed E-state index contributed by atoms with van der Waals surface area (Å²) < 4.78 is 16.1. The zero-order valence-corrected chi connectivity index (χ0v) is 17.3. The number of aromatic nitrogens is 6. The van der Waals surface area contributed by atoms with Crippen molar-refractivity contribution in [2.24, 2.45) is 0 Å². The van der Waals surface area contributed by atoms with Crippen molar-refractivity contribution in [2.75, 3.05) is 0 Å². The average Bonchev–Trinajstić information content (AvgIpc) is 3.24. The number of H-pyrrole nitrogens is 1. The molecule has 0 radical (unpaired) electrons. The predicted octanol–water partition coefficient (Wildman–Crippen LogP) is 3.71. The average molecular weight is 432 g/mol. The molecular formula is C22H17FN6OS. The molecule has 9 heteroatoms. The van der Waals surface area contributed by atoms with Crippen molar-refractivity contribution >= 4 is 34.7 Å². The van der Waals surface area contributed by atoms with Crippen LogP contribution in [0.25, 0.3) is 27.8 Å². The Kier molecular flexibility index (Phi) is 4.74. The van der Waals surface area contributed by atoms with Gasteiger partial charge in [-0.3, -0.25) is 9.36 Å². The lowest BCUT2D eigenvalue weighted by Gasteiger charge is -2.17. The van der Waals surface area contributed by atoms with Gasteiger partial charge in [0.25, 0.3) is 5.56 Å². The summed E-state index contributed by atoms with van der Waals surface area (Å²) in [5, 5.41) is 0.0166. The maximum Gasteiger partial charge on any atom is 0.266 e. The Balaban J connectivity index is 1.72. The minimum absolute atomic E-state index is 0.147. The van der Waals surface area contributed by atoms with Gasteiger partial charge in [0.15, 0.2) is 5.65 Å². The van der Waals surface area contributed by atoms with E-state index in [1.807, 2.05) is 19.1 Å². The third kappa shape index (κ3) is 3.27. The van der Waals surface area contributed by atoms with Crippen LogP contribution in [0.3, 0.4) is 0 Å². The summed E-state index contributed by atoms with van der Waals surface area (Å²) in [4.78, 5) is 33.9. The van der Waals surface area contributed by atoms with Crippen LogP contribution in [0.1, 0.15) is 22.3 Å². The SMILES string of the molecule is Cc1cccc2nc(CC(S)c3ncnc4[nH]cnc34)n(-c3ccccc3F)c(=O)c12. The van der Waals surface area contributed by atoms with Crippen molar-refractivity contribution in [3.63, 3.8) is 0 Å². The van der Waals surface area contributed by atoms with Gasteiger partial charge in [0.05, 0.1) is 33.9 Å². The minimum Gasteiger partial charge on any atom is -0.329 e. The van der Waals surface area contributed by atoms with Crippen LogP contribution in [0.2, 0.25) is 0 Å². The second kappa shape index (κ2) is 7.59. The summed E-state index contributed by atoms with van der Waals surface area (Å²) in [5.74, 6) is -0.122. The highest BCUT2D eigenvalue weighted by Crippen LogP contribution is 2.28. The van der Waals surface area contributed by atoms with Gasteiger partial charge < -0.3 is 4.98 Å². The van der Waals surface area contributed by atoms with Gasteiger partial charge in [0.1, 0.15) is 23.5 Å². The third-order valence-electron chi connectivity index (χ3n) is 5.21. The molecule has 5 aromatic rings. The van der Waals surface area contributed by atoms with Crippen LogP contribution in [-0.4, -0.2) is 29.5 Å². The minimum atomic E-state index is -0.506. The molecule has 7 nitrogen and oxygen atoms in total. The molecule has 1 atom stereocenters. The zero-order valence-electron chi connectivity index (χ0n) is 16.5. The largest absolute Gasteiger partial charge is 0.329 e. The molecule has 0 aliphatic rings. The first-order chi connectivity index (χ1) is 15.0. The van der Waals surface area contributed by atoms with E-state index in [-0.39, 0.29) is 17.7 Å². The van der Waals surface area contributed by atoms with E-state index in [9.17, 15) is 9.18 Å². The van der Waals surface area contributed by atoms with E-state index in [0.29, 0.717) is 33.6 Å². The number of halogens is 1. The highest BCUT2D eigenvalue weighted by molar-refractivity contribution is 7.80. The Morgan fingerprint density at radius 1 is 1.13 bits per heavy atom. The molecular weight excluding hydrogens is 415 g/mol. The van der Waals surface area contributed by atoms with Gasteiger partial charge in [0.2, 0.25) is 0 Å². The molecule has 0 saturated carbocycles. The van der Waals surface area contributed by atoms with Crippen molar-refractivity contribution in [3.05, 3.63) is 88.4 Å². The molecule has 0 fully saturated rings. The van der Waals surface area contributed by atoms with E-state index in [1.165, 1.54) is 23.3 Å². The van der Waals surface area contributed by atoms with Crippen molar-refractivity contribution in [1.82, 2.24) is 29.5 Å². The van der Waals surface area contributed by atoms with Crippen LogP contribution in [0.5, 0.6) is 0 Å². The third-order valence-corrected chi connectivity index (χ3v) is 5.63. The number of aromatic amines is 1. The maximum absolute atomic E-state index is 14.7. The molecule has 1 unspecified atom stereocenters. The molecule has 0 aliphatic carbocycles. The van der Waals surface area contributed by atoms with E-state index < -0.39 is 11.1 Å². The summed E-state index contributed by atoms with van der Waals surface area (Å²) in [7, 11) is 0. The molecule has 0 amide bonds. The second-order valence-corrected chi connectivity index (χ2v) is 7.79. The lowest BCUT2D eigenvalue weighted by molar-refractivity contribution is 0.610. The highest BCUT2D eigenvalue weighted by atomic mass is 32.1. The number of thiol groups is 1. The van der Waals surface area contributed by atoms with Gasteiger partial charge in [-0.05, 0) is 30.7 Å². The molecule has 154 valence electrons. The van der Waals surface area contributed by atoms with E-state index in [2.05, 4.69) is 19.9 Å². The van der Waals surface area contributed by atoms with Gasteiger partial charge in [-0.1, -0.05) is 24.3 Å². The van der Waals surface area contributed by atoms with Gasteiger partial charge in [-0.15, -0.1) is 0 Å². The quantitative estimate of drug-likeness (QED) is 0.423. The van der Waals surface area contributed by atoms with E-state index >= 15 is 0 Å². The van der Waals surface area contributed by atoms with Crippen LogP contribution in [0, 0.1) is 12.7 Å². The fraction of sp³-hybridized carbons (Fsp3) is 0.136. The van der Waals surface area contributed by atoms with Crippen molar-refractivity contribution in [1.29, 1.82) is 0 Å². The Morgan fingerprint density at radius 3 is 2.81 bits per heavy atom. The fourth-order valence-corrected chi connectivity index (χ4v) is 4.11. The molecule has 3 heterocycles. The van der Waals surface area contributed by atoms with Crippen LogP contribution in [0.15, 0.2) is 59.9 Å². The van der Waals surface area contributed by atoms with E-state index in [0.717, 1.165) is 5.56 Å². The molecule has 2 aromatic carbocycles. The molecule has 0 bridgehead atoms. The van der Waals surface area contributed by atoms with Crippen LogP contribution in [-0.2, 0) is 6.42 Å². The summed E-state index contributed by atoms with van der Waals surface area (Å²) in [5.41, 5.74) is 2.96. The zero-order chi connectivity index (χ0) is 21.5. The molecule has 0 spiro atoms. The Hall–Kier alpha value is -3.59. The maximum atomic E-state index is 14.7. The first kappa shape index (κ1) is 19.4. The Morgan fingerprint density at radius 2 is 1.97 bits per heavy atom. The van der Waals surface area contributed by atoms with Crippen molar-refractivity contribution < 1.29 is 4.39 Å². The number of rotatable bonds is 4. The van der Waals surface area contributed by atoms with Crippen molar-refractivity contribution in [2.45, 2.75) is 18.6 Å². The number of imidazole rings is 1. The number of para-hydroxylation sites is 1. The van der Waals surface area contributed by atoms with Gasteiger partial charge in [-0.2, -0.15) is 12.6 Å². The molecule has 0 aliphatic heterocycles. The summed E-state index contributed by atoms with van der Waals surface area (Å²) in [6, 6.07) is 11.6. The molecule has 5 rings (SSSR count). The van der Waals surface area contributed by atoms with Crippen LogP contribution < -0.4 is 5.56 Å². The lowest BCUT2D eigenvalue weighted by atomic mass is 10.1. The van der Waals surface area contributed by atoms with Crippen LogP contribution >= 0.6 is 12.6 Å². The number of hydrogen-bond acceptors (Lipinski definition) is 6. The lowest BCUT2D eigenvalue weighted by Crippen LogP contribution is -2.26. The summed E-state index contributed by atoms with van der Waals surface area (Å²) in [6.07, 6.45) is 3.20. The number of fused-ring (bicyclic) bond motifs is 2. The van der Waals surface area contributed by atoms with E-state index in [4.69, 9.17) is 17.6 Å². The molecule has 1 N–H and O–H groups in total. The Bertz CT molecular complexity index is 1490. The molecule has 0 saturated heterocycles. The monoisotopic (exact) mass is 432 g/mol. The second-order valence-electron chi connectivity index (χ2n) is 7.17. The topological polar surface area (TPSA) is 89.3 Å². The standard InChI is InChI=1S/C22H17FN6OS/c1-12-5-4-7-14-18(12)22(30)29(15-8-3-2-6-13(15)23)17(28-14)9-16(31)19-20-21(26-10-24-19)27-11-25-20/h2-8,10-11,16,31H,9H2,1H3,(H,24,25,26,27). The normalized spacial score (nSPS) is 12.5. The Labute approximate surface area is 181 Å². The number of nitrogens with one attached hydrogen (secondary N) is 1. The summed E-state index contributed by atoms with van der Waals surface area (Å²) >= 11 is 4.72. The molecule has 3 aromatic heterocycles. The van der Waals surface area contributed by atoms with Crippen LogP contribution in [0.4, 0.5) is 4.39 Å².